The van der Waals surface area contributed by atoms with E-state index in [4.69, 9.17) is 5.73 Å². The molecule has 0 aromatic carbocycles. The van der Waals surface area contributed by atoms with Crippen LogP contribution in [-0.2, 0) is 4.79 Å². The van der Waals surface area contributed by atoms with E-state index in [1.54, 1.807) is 0 Å². The van der Waals surface area contributed by atoms with E-state index in [-0.39, 0.29) is 0 Å². The van der Waals surface area contributed by atoms with E-state index in [1.165, 1.54) is 6.42 Å². The molecular weight excluding hydrogens is 238 g/mol. The molecule has 0 aromatic rings. The summed E-state index contributed by atoms with van der Waals surface area (Å²) in [6.07, 6.45) is 2.38. The molecule has 2 heterocycles. The number of piperidine rings is 1. The smallest absolute Gasteiger partial charge is 0.236 e. The lowest BCUT2D eigenvalue weighted by Crippen LogP contribution is -2.47. The van der Waals surface area contributed by atoms with Crippen molar-refractivity contribution in [3.8, 4) is 0 Å². The average Bonchev–Trinajstić information content (AvgIpc) is 2.69. The zero-order valence-corrected chi connectivity index (χ0v) is 12.6. The van der Waals surface area contributed by atoms with Crippen molar-refractivity contribution in [2.75, 3.05) is 32.7 Å². The Bertz CT molecular complexity index is 311. The summed E-state index contributed by atoms with van der Waals surface area (Å²) in [5.41, 5.74) is 5.75. The molecule has 2 aliphatic rings. The van der Waals surface area contributed by atoms with Gasteiger partial charge in [-0.3, -0.25) is 9.69 Å². The van der Waals surface area contributed by atoms with Crippen molar-refractivity contribution in [3.05, 3.63) is 0 Å². The van der Waals surface area contributed by atoms with Gasteiger partial charge >= 0.3 is 0 Å². The lowest BCUT2D eigenvalue weighted by atomic mass is 9.92. The van der Waals surface area contributed by atoms with Crippen molar-refractivity contribution in [2.24, 2.45) is 23.5 Å². The van der Waals surface area contributed by atoms with Gasteiger partial charge in [0.15, 0.2) is 0 Å². The summed E-state index contributed by atoms with van der Waals surface area (Å²) in [6.45, 7) is 10.9. The van der Waals surface area contributed by atoms with E-state index in [1.807, 2.05) is 0 Å². The maximum Gasteiger partial charge on any atom is 0.236 e. The number of rotatable bonds is 3. The first-order valence-electron chi connectivity index (χ1n) is 7.71. The first-order valence-corrected chi connectivity index (χ1v) is 7.71. The maximum atomic E-state index is 12.4. The molecule has 4 unspecified atom stereocenters. The monoisotopic (exact) mass is 267 g/mol. The summed E-state index contributed by atoms with van der Waals surface area (Å²) in [5.74, 6) is 2.16. The van der Waals surface area contributed by atoms with Gasteiger partial charge in [-0.2, -0.15) is 0 Å². The van der Waals surface area contributed by atoms with E-state index in [0.29, 0.717) is 36.2 Å². The Hall–Kier alpha value is -0.610. The Morgan fingerprint density at radius 1 is 1.11 bits per heavy atom. The Morgan fingerprint density at radius 3 is 2.26 bits per heavy atom. The molecule has 4 nitrogen and oxygen atoms in total. The van der Waals surface area contributed by atoms with Crippen molar-refractivity contribution >= 4 is 5.91 Å². The van der Waals surface area contributed by atoms with E-state index < -0.39 is 0 Å². The van der Waals surface area contributed by atoms with Gasteiger partial charge in [0.05, 0.1) is 6.54 Å². The lowest BCUT2D eigenvalue weighted by Gasteiger charge is -2.36. The van der Waals surface area contributed by atoms with Crippen LogP contribution in [0.4, 0.5) is 0 Å². The Kier molecular flexibility index (Phi) is 4.85. The Morgan fingerprint density at radius 2 is 1.74 bits per heavy atom. The number of hydrogen-bond acceptors (Lipinski definition) is 3. The summed E-state index contributed by atoms with van der Waals surface area (Å²) in [7, 11) is 0. The minimum Gasteiger partial charge on any atom is -0.341 e. The van der Waals surface area contributed by atoms with Gasteiger partial charge in [-0.1, -0.05) is 13.8 Å². The SMILES string of the molecule is CC1CC(C)CN(C(=O)CN2CC(CN)CC2C)C1. The van der Waals surface area contributed by atoms with Gasteiger partial charge in [0, 0.05) is 25.7 Å². The molecule has 2 fully saturated rings. The number of hydrogen-bond donors (Lipinski definition) is 1. The summed E-state index contributed by atoms with van der Waals surface area (Å²) >= 11 is 0. The third-order valence-corrected chi connectivity index (χ3v) is 4.68. The maximum absolute atomic E-state index is 12.4. The van der Waals surface area contributed by atoms with Crippen LogP contribution in [0.15, 0.2) is 0 Å². The van der Waals surface area contributed by atoms with E-state index in [2.05, 4.69) is 30.6 Å². The molecule has 0 saturated carbocycles. The van der Waals surface area contributed by atoms with Crippen LogP contribution in [0.3, 0.4) is 0 Å². The highest BCUT2D eigenvalue weighted by molar-refractivity contribution is 5.78. The summed E-state index contributed by atoms with van der Waals surface area (Å²) in [4.78, 5) is 16.8. The van der Waals surface area contributed by atoms with Crippen LogP contribution < -0.4 is 5.73 Å². The van der Waals surface area contributed by atoms with E-state index in [9.17, 15) is 4.79 Å². The number of nitrogens with two attached hydrogens (primary N) is 1. The van der Waals surface area contributed by atoms with Gasteiger partial charge in [0.1, 0.15) is 0 Å². The zero-order chi connectivity index (χ0) is 14.0. The van der Waals surface area contributed by atoms with Crippen LogP contribution in [0.5, 0.6) is 0 Å². The Balaban J connectivity index is 1.87. The molecule has 1 amide bonds. The van der Waals surface area contributed by atoms with Gasteiger partial charge in [0.2, 0.25) is 5.91 Å². The number of amides is 1. The van der Waals surface area contributed by atoms with Crippen LogP contribution >= 0.6 is 0 Å². The fraction of sp³-hybridized carbons (Fsp3) is 0.933. The predicted octanol–water partition coefficient (Wildman–Crippen LogP) is 1.16. The highest BCUT2D eigenvalue weighted by Gasteiger charge is 2.32. The topological polar surface area (TPSA) is 49.6 Å². The average molecular weight is 267 g/mol. The van der Waals surface area contributed by atoms with Gasteiger partial charge < -0.3 is 10.6 Å². The summed E-state index contributed by atoms with van der Waals surface area (Å²) in [5, 5.41) is 0. The number of carbonyl (C=O) groups excluding carboxylic acids is 1. The standard InChI is InChI=1S/C15H29N3O/c1-11-4-12(2)8-18(7-11)15(19)10-17-9-14(6-16)5-13(17)3/h11-14H,4-10,16H2,1-3H3. The Labute approximate surface area is 117 Å². The van der Waals surface area contributed by atoms with E-state index in [0.717, 1.165) is 32.6 Å². The molecule has 0 aromatic heterocycles. The first-order chi connectivity index (χ1) is 8.99. The molecule has 4 atom stereocenters. The third-order valence-electron chi connectivity index (χ3n) is 4.68. The first kappa shape index (κ1) is 14.8. The third kappa shape index (κ3) is 3.69. The van der Waals surface area contributed by atoms with Gasteiger partial charge in [-0.15, -0.1) is 0 Å². The van der Waals surface area contributed by atoms with Crippen molar-refractivity contribution in [1.29, 1.82) is 0 Å². The molecule has 4 heteroatoms. The molecule has 0 aliphatic carbocycles. The van der Waals surface area contributed by atoms with Crippen molar-refractivity contribution < 1.29 is 4.79 Å². The molecule has 0 spiro atoms. The number of carbonyl (C=O) groups is 1. The molecule has 2 rings (SSSR count). The van der Waals surface area contributed by atoms with Crippen molar-refractivity contribution in [1.82, 2.24) is 9.80 Å². The quantitative estimate of drug-likeness (QED) is 0.835. The van der Waals surface area contributed by atoms with Crippen molar-refractivity contribution in [3.63, 3.8) is 0 Å². The minimum absolute atomic E-state index is 0.308. The molecule has 110 valence electrons. The van der Waals surface area contributed by atoms with Gasteiger partial charge in [0.25, 0.3) is 0 Å². The molecule has 19 heavy (non-hydrogen) atoms. The second-order valence-electron chi connectivity index (χ2n) is 6.86. The molecule has 0 radical (unpaired) electrons. The largest absolute Gasteiger partial charge is 0.341 e. The lowest BCUT2D eigenvalue weighted by molar-refractivity contribution is -0.135. The molecule has 2 aliphatic heterocycles. The number of nitrogens with zero attached hydrogens (tertiary/aromatic N) is 2. The fourth-order valence-corrected chi connectivity index (χ4v) is 3.75. The van der Waals surface area contributed by atoms with Gasteiger partial charge in [-0.05, 0) is 44.1 Å². The summed E-state index contributed by atoms with van der Waals surface area (Å²) in [6, 6.07) is 0.497. The van der Waals surface area contributed by atoms with Crippen LogP contribution in [0.25, 0.3) is 0 Å². The fourth-order valence-electron chi connectivity index (χ4n) is 3.75. The molecule has 2 saturated heterocycles. The van der Waals surface area contributed by atoms with Gasteiger partial charge in [-0.25, -0.2) is 0 Å². The second kappa shape index (κ2) is 6.23. The van der Waals surface area contributed by atoms with Crippen LogP contribution in [0, 0.1) is 17.8 Å². The van der Waals surface area contributed by atoms with Crippen LogP contribution in [0.2, 0.25) is 0 Å². The molecule has 0 bridgehead atoms. The predicted molar refractivity (Wildman–Crippen MR) is 77.7 cm³/mol. The highest BCUT2D eigenvalue weighted by atomic mass is 16.2. The van der Waals surface area contributed by atoms with E-state index >= 15 is 0 Å². The van der Waals surface area contributed by atoms with Crippen LogP contribution in [-0.4, -0.2) is 54.5 Å². The zero-order valence-electron chi connectivity index (χ0n) is 12.6. The number of likely N-dealkylation sites (tertiary alicyclic amines) is 2. The molecule has 2 N–H and O–H groups in total. The normalized spacial score (nSPS) is 36.7. The second-order valence-corrected chi connectivity index (χ2v) is 6.86. The van der Waals surface area contributed by atoms with Crippen LogP contribution in [0.1, 0.15) is 33.6 Å². The van der Waals surface area contributed by atoms with Crippen molar-refractivity contribution in [2.45, 2.75) is 39.7 Å². The molecular formula is C15H29N3O. The highest BCUT2D eigenvalue weighted by Crippen LogP contribution is 2.24. The summed E-state index contributed by atoms with van der Waals surface area (Å²) < 4.78 is 0. The minimum atomic E-state index is 0.308.